The summed E-state index contributed by atoms with van der Waals surface area (Å²) < 4.78 is 42.3. The fourth-order valence-corrected chi connectivity index (χ4v) is 5.21. The van der Waals surface area contributed by atoms with Gasteiger partial charge >= 0.3 is 0 Å². The van der Waals surface area contributed by atoms with Gasteiger partial charge in [0.1, 0.15) is 11.1 Å². The van der Waals surface area contributed by atoms with Crippen molar-refractivity contribution >= 4 is 22.7 Å². The summed E-state index contributed by atoms with van der Waals surface area (Å²) in [5.74, 6) is -2.87. The highest BCUT2D eigenvalue weighted by Gasteiger charge is 2.38. The highest BCUT2D eigenvalue weighted by atomic mass is 19.2. The monoisotopic (exact) mass is 529 g/mol. The van der Waals surface area contributed by atoms with Crippen LogP contribution in [0.15, 0.2) is 16.9 Å². The molecular formula is C26H29F2N5O5. The molecule has 2 aliphatic rings. The maximum Gasteiger partial charge on any atom is 0.280 e. The molecule has 0 radical (unpaired) electrons. The minimum absolute atomic E-state index is 0.0259. The van der Waals surface area contributed by atoms with Crippen LogP contribution in [0.2, 0.25) is 0 Å². The van der Waals surface area contributed by atoms with Crippen LogP contribution in [-0.2, 0) is 6.54 Å². The van der Waals surface area contributed by atoms with Crippen molar-refractivity contribution in [1.29, 1.82) is 0 Å². The Balaban J connectivity index is 1.81. The molecule has 5 rings (SSSR count). The summed E-state index contributed by atoms with van der Waals surface area (Å²) in [6, 6.07) is 1.64. The van der Waals surface area contributed by atoms with Crippen LogP contribution in [0.3, 0.4) is 0 Å². The lowest BCUT2D eigenvalue weighted by molar-refractivity contribution is 0.0684. The number of aromatic nitrogens is 3. The number of halogens is 2. The number of hydrogen-bond donors (Lipinski definition) is 1. The van der Waals surface area contributed by atoms with E-state index >= 15 is 0 Å². The smallest absolute Gasteiger partial charge is 0.280 e. The number of methoxy groups -OCH3 is 1. The number of benzene rings is 1. The van der Waals surface area contributed by atoms with Crippen molar-refractivity contribution in [2.24, 2.45) is 0 Å². The molecule has 2 bridgehead atoms. The average Bonchev–Trinajstić information content (AvgIpc) is 3.25. The van der Waals surface area contributed by atoms with Crippen LogP contribution in [0.25, 0.3) is 10.9 Å². The Morgan fingerprint density at radius 3 is 2.66 bits per heavy atom. The molecule has 0 spiro atoms. The molecule has 1 N–H and O–H groups in total. The van der Waals surface area contributed by atoms with E-state index in [-0.39, 0.29) is 64.5 Å². The lowest BCUT2D eigenvalue weighted by Crippen LogP contribution is -2.42. The van der Waals surface area contributed by atoms with Crippen molar-refractivity contribution < 1.29 is 27.8 Å². The number of hydrogen-bond acceptors (Lipinski definition) is 6. The number of ether oxygens (including phenoxy) is 2. The van der Waals surface area contributed by atoms with Crippen molar-refractivity contribution in [2.75, 3.05) is 33.4 Å². The maximum absolute atomic E-state index is 14.2. The Morgan fingerprint density at radius 2 is 1.92 bits per heavy atom. The van der Waals surface area contributed by atoms with Gasteiger partial charge in [-0.3, -0.25) is 14.4 Å². The van der Waals surface area contributed by atoms with Gasteiger partial charge in [0.15, 0.2) is 28.8 Å². The van der Waals surface area contributed by atoms with Crippen molar-refractivity contribution in [1.82, 2.24) is 24.6 Å². The highest BCUT2D eigenvalue weighted by Crippen LogP contribution is 2.38. The zero-order chi connectivity index (χ0) is 27.1. The van der Waals surface area contributed by atoms with Gasteiger partial charge in [0.05, 0.1) is 25.8 Å². The number of fused-ring (bicyclic) bond motifs is 7. The Bertz CT molecular complexity index is 1500. The molecule has 1 aromatic carbocycles. The van der Waals surface area contributed by atoms with Crippen LogP contribution in [0.5, 0.6) is 11.5 Å². The van der Waals surface area contributed by atoms with Gasteiger partial charge in [0.25, 0.3) is 17.4 Å². The van der Waals surface area contributed by atoms with Gasteiger partial charge in [-0.2, -0.15) is 5.10 Å². The van der Waals surface area contributed by atoms with Gasteiger partial charge < -0.3 is 24.3 Å². The number of nitrogens with one attached hydrogen (secondary N) is 1. The molecule has 1 unspecified atom stereocenters. The van der Waals surface area contributed by atoms with E-state index < -0.39 is 23.1 Å². The number of rotatable bonds is 2. The zero-order valence-corrected chi connectivity index (χ0v) is 21.5. The largest absolute Gasteiger partial charge is 0.493 e. The molecule has 1 atom stereocenters. The van der Waals surface area contributed by atoms with E-state index in [0.29, 0.717) is 32.5 Å². The lowest BCUT2D eigenvalue weighted by Gasteiger charge is -2.32. The highest BCUT2D eigenvalue weighted by molar-refractivity contribution is 6.10. The third-order valence-electron chi connectivity index (χ3n) is 7.06. The topological polar surface area (TPSA) is 108 Å². The number of carbonyl (C=O) groups excluding carboxylic acids is 2. The first-order chi connectivity index (χ1) is 18.3. The summed E-state index contributed by atoms with van der Waals surface area (Å²) in [5, 5.41) is 7.28. The normalized spacial score (nSPS) is 18.3. The molecule has 202 valence electrons. The van der Waals surface area contributed by atoms with Crippen LogP contribution in [-0.4, -0.2) is 64.4 Å². The van der Waals surface area contributed by atoms with Gasteiger partial charge in [0, 0.05) is 37.3 Å². The summed E-state index contributed by atoms with van der Waals surface area (Å²) in [5.41, 5.74) is -0.132. The molecule has 3 aromatic rings. The predicted octanol–water partition coefficient (Wildman–Crippen LogP) is 2.86. The quantitative estimate of drug-likeness (QED) is 0.547. The van der Waals surface area contributed by atoms with Crippen molar-refractivity contribution in [3.05, 3.63) is 51.1 Å². The lowest BCUT2D eigenvalue weighted by atomic mass is 10.1. The fraction of sp³-hybridized carbons (Fsp3) is 0.462. The van der Waals surface area contributed by atoms with Crippen LogP contribution in [0, 0.1) is 11.6 Å². The van der Waals surface area contributed by atoms with Gasteiger partial charge in [-0.1, -0.05) is 0 Å². The van der Waals surface area contributed by atoms with Gasteiger partial charge in [-0.25, -0.2) is 13.5 Å². The first kappa shape index (κ1) is 25.7. The summed E-state index contributed by atoms with van der Waals surface area (Å²) in [6.07, 6.45) is 2.02. The van der Waals surface area contributed by atoms with Gasteiger partial charge in [0.2, 0.25) is 0 Å². The van der Waals surface area contributed by atoms with E-state index in [1.165, 1.54) is 7.11 Å². The molecule has 0 aliphatic carbocycles. The average molecular weight is 530 g/mol. The molecule has 0 saturated carbocycles. The van der Waals surface area contributed by atoms with E-state index in [0.717, 1.165) is 23.2 Å². The van der Waals surface area contributed by atoms with Crippen LogP contribution >= 0.6 is 0 Å². The minimum Gasteiger partial charge on any atom is -0.493 e. The standard InChI is InChI=1S/C26H29F2N5O5/c1-4-31-12-14(2)33-21-19(23(37-3)22(33)26(31)36)25(35)32-13-15-10-16(27)17(28)11-18(15)38-9-7-5-6-8-29-24(34)20(21)30-32/h10-11,14H,4-9,12-13H2,1-3H3,(H,29,34). The van der Waals surface area contributed by atoms with Crippen molar-refractivity contribution in [3.8, 4) is 11.5 Å². The molecular weight excluding hydrogens is 500 g/mol. The third kappa shape index (κ3) is 4.17. The molecule has 4 heterocycles. The summed E-state index contributed by atoms with van der Waals surface area (Å²) in [4.78, 5) is 42.3. The third-order valence-corrected chi connectivity index (χ3v) is 7.06. The van der Waals surface area contributed by atoms with E-state index in [9.17, 15) is 23.2 Å². The summed E-state index contributed by atoms with van der Waals surface area (Å²) >= 11 is 0. The number of nitrogens with zero attached hydrogens (tertiary/aromatic N) is 4. The Morgan fingerprint density at radius 1 is 1.16 bits per heavy atom. The van der Waals surface area contributed by atoms with E-state index in [1.807, 2.05) is 13.8 Å². The summed E-state index contributed by atoms with van der Waals surface area (Å²) in [6.45, 7) is 4.92. The second-order valence-electron chi connectivity index (χ2n) is 9.52. The van der Waals surface area contributed by atoms with E-state index in [4.69, 9.17) is 9.47 Å². The van der Waals surface area contributed by atoms with Crippen LogP contribution in [0.4, 0.5) is 8.78 Å². The fourth-order valence-electron chi connectivity index (χ4n) is 5.21. The molecule has 12 heteroatoms. The molecule has 2 aliphatic heterocycles. The Kier molecular flexibility index (Phi) is 6.80. The van der Waals surface area contributed by atoms with Gasteiger partial charge in [-0.15, -0.1) is 0 Å². The molecule has 0 saturated heterocycles. The number of likely N-dealkylation sites (N-methyl/N-ethyl adjacent to an activating group) is 1. The van der Waals surface area contributed by atoms with E-state index in [1.54, 1.807) is 9.47 Å². The maximum atomic E-state index is 14.2. The molecule has 10 nitrogen and oxygen atoms in total. The second-order valence-corrected chi connectivity index (χ2v) is 9.52. The zero-order valence-electron chi connectivity index (χ0n) is 21.5. The van der Waals surface area contributed by atoms with Gasteiger partial charge in [-0.05, 0) is 39.2 Å². The van der Waals surface area contributed by atoms with Crippen LogP contribution in [0.1, 0.15) is 65.7 Å². The van der Waals surface area contributed by atoms with E-state index in [2.05, 4.69) is 10.4 Å². The number of amides is 2. The first-order valence-corrected chi connectivity index (χ1v) is 12.7. The SMILES string of the molecule is CCN1CC(C)n2c(c(OC)c3c(=O)n4nc(c32)C(=O)NCCCCCOc2cc(F)c(F)cc2C4)C1=O. The molecule has 38 heavy (non-hydrogen) atoms. The minimum atomic E-state index is -1.10. The Labute approximate surface area is 217 Å². The second kappa shape index (κ2) is 10.1. The van der Waals surface area contributed by atoms with Crippen LogP contribution < -0.4 is 20.3 Å². The molecule has 2 aromatic heterocycles. The first-order valence-electron chi connectivity index (χ1n) is 12.7. The number of carbonyl (C=O) groups is 2. The van der Waals surface area contributed by atoms with Crippen molar-refractivity contribution in [3.63, 3.8) is 0 Å². The summed E-state index contributed by atoms with van der Waals surface area (Å²) in [7, 11) is 1.36. The predicted molar refractivity (Wildman–Crippen MR) is 134 cm³/mol. The van der Waals surface area contributed by atoms with Crippen molar-refractivity contribution in [2.45, 2.75) is 45.7 Å². The Hall–Kier alpha value is -3.96. The molecule has 0 fully saturated rings. The molecule has 2 amide bonds.